The maximum atomic E-state index is 13.8. The Morgan fingerprint density at radius 3 is 2.08 bits per heavy atom. The van der Waals surface area contributed by atoms with E-state index in [1.807, 2.05) is 74.4 Å². The van der Waals surface area contributed by atoms with Crippen molar-refractivity contribution in [2.75, 3.05) is 70.0 Å². The summed E-state index contributed by atoms with van der Waals surface area (Å²) in [5.74, 6) is -0.0792. The molecule has 2 amide bonds. The van der Waals surface area contributed by atoms with Gasteiger partial charge in [0.15, 0.2) is 29.6 Å². The highest BCUT2D eigenvalue weighted by molar-refractivity contribution is 7.46. The first-order valence-electron chi connectivity index (χ1n) is 26.3. The lowest BCUT2D eigenvalue weighted by Gasteiger charge is -2.37. The van der Waals surface area contributed by atoms with Gasteiger partial charge >= 0.3 is 21.6 Å². The van der Waals surface area contributed by atoms with Gasteiger partial charge < -0.3 is 79.6 Å². The van der Waals surface area contributed by atoms with Crippen LogP contribution in [0, 0.1) is 0 Å². The Morgan fingerprint density at radius 2 is 1.43 bits per heavy atom. The zero-order valence-corrected chi connectivity index (χ0v) is 47.0. The van der Waals surface area contributed by atoms with Crippen molar-refractivity contribution >= 4 is 61.8 Å². The lowest BCUT2D eigenvalue weighted by atomic mass is 9.77. The van der Waals surface area contributed by atoms with E-state index >= 15 is 0 Å². The highest BCUT2D eigenvalue weighted by Gasteiger charge is 2.56. The molecule has 0 unspecified atom stereocenters. The standard InChI is InChI=1S/C51H62N12O18P2/c1-60(2)29-11-14-33-35(20-29)77-36-21-30(61(3)4)12-15-34(36)51(33)32-13-9-27(19-31(32)49(68)81-51)47(67)54-18-8-6-5-7-17-53-39(64)16-10-28-22-63(59-58-28)41-37(23-75-82(69,70)71)78-48(62-26-57-40-45(52)55-25-56-46(40)62)44(41)80-50-43(66)42(65)38(79-50)24-76-83(72,73)74/h9,11-15,19-22,25-26,37-38,41-44,48,50,65-66H,5-8,10,16-18,23-24H2,1-4H3,(H,53,64)(H,54,67)(H2,52,55,56)(H2,69,70,71)(H2,72,73,74)/t37-,38-,41-,42-,43-,44-,48-,50-/m1/s1. The van der Waals surface area contributed by atoms with Crippen molar-refractivity contribution in [3.8, 4) is 11.5 Å². The van der Waals surface area contributed by atoms with E-state index in [9.17, 15) is 53.3 Å². The monoisotopic (exact) mass is 1190 g/mol. The van der Waals surface area contributed by atoms with Gasteiger partial charge in [-0.2, -0.15) is 0 Å². The molecule has 4 aliphatic rings. The average Bonchev–Trinajstić information content (AvgIpc) is 2.16. The summed E-state index contributed by atoms with van der Waals surface area (Å²) in [6.07, 6.45) is -4.05. The largest absolute Gasteiger partial charge is 0.469 e. The summed E-state index contributed by atoms with van der Waals surface area (Å²) < 4.78 is 66.5. The zero-order chi connectivity index (χ0) is 59.1. The number of anilines is 3. The molecule has 0 saturated carbocycles. The van der Waals surface area contributed by atoms with Crippen LogP contribution in [0.5, 0.6) is 11.5 Å². The minimum absolute atomic E-state index is 0.00328. The number of phosphoric acid groups is 2. The molecule has 10 rings (SSSR count). The molecule has 4 aliphatic heterocycles. The topological polar surface area (TPSA) is 402 Å². The van der Waals surface area contributed by atoms with Crippen molar-refractivity contribution in [1.82, 2.24) is 45.1 Å². The van der Waals surface area contributed by atoms with E-state index in [2.05, 4.69) is 40.4 Å². The van der Waals surface area contributed by atoms with Crippen LogP contribution in [0.2, 0.25) is 0 Å². The van der Waals surface area contributed by atoms with E-state index in [1.165, 1.54) is 21.8 Å². The summed E-state index contributed by atoms with van der Waals surface area (Å²) in [5, 5.41) is 36.1. The Labute approximate surface area is 473 Å². The molecule has 10 N–H and O–H groups in total. The van der Waals surface area contributed by atoms with Gasteiger partial charge in [0.2, 0.25) is 5.91 Å². The maximum absolute atomic E-state index is 13.8. The highest BCUT2D eigenvalue weighted by Crippen LogP contribution is 2.57. The number of amides is 2. The number of hydrogen-bond donors (Lipinski definition) is 9. The number of aromatic nitrogens is 7. The highest BCUT2D eigenvalue weighted by atomic mass is 31.2. The first kappa shape index (κ1) is 59.2. The molecule has 444 valence electrons. The lowest BCUT2D eigenvalue weighted by molar-refractivity contribution is -0.213. The number of carbonyl (C=O) groups excluding carboxylic acids is 3. The molecule has 6 aromatic rings. The number of aliphatic hydroxyl groups is 2. The number of rotatable bonds is 23. The van der Waals surface area contributed by atoms with Gasteiger partial charge in [-0.25, -0.2) is 33.6 Å². The molecule has 3 aromatic carbocycles. The third-order valence-electron chi connectivity index (χ3n) is 14.6. The van der Waals surface area contributed by atoms with Crippen molar-refractivity contribution in [2.45, 2.75) is 93.2 Å². The molecular weight excluding hydrogens is 1130 g/mol. The summed E-state index contributed by atoms with van der Waals surface area (Å²) in [5.41, 5.74) is 9.68. The molecule has 0 radical (unpaired) electrons. The summed E-state index contributed by atoms with van der Waals surface area (Å²) >= 11 is 0. The molecule has 8 atom stereocenters. The summed E-state index contributed by atoms with van der Waals surface area (Å²) in [6, 6.07) is 15.3. The molecule has 3 aromatic heterocycles. The van der Waals surface area contributed by atoms with Gasteiger partial charge in [0, 0.05) is 106 Å². The number of aliphatic hydroxyl groups excluding tert-OH is 2. The molecule has 2 saturated heterocycles. The zero-order valence-electron chi connectivity index (χ0n) is 45.2. The number of imidazole rings is 1. The number of aryl methyl sites for hydroxylation is 1. The van der Waals surface area contributed by atoms with E-state index in [4.69, 9.17) is 33.9 Å². The smallest absolute Gasteiger partial charge is 0.456 e. The van der Waals surface area contributed by atoms with Crippen molar-refractivity contribution in [1.29, 1.82) is 0 Å². The van der Waals surface area contributed by atoms with E-state index in [0.717, 1.165) is 30.5 Å². The van der Waals surface area contributed by atoms with E-state index < -0.39 is 89.5 Å². The Bertz CT molecular complexity index is 3440. The first-order chi connectivity index (χ1) is 39.5. The van der Waals surface area contributed by atoms with Gasteiger partial charge in [0.25, 0.3) is 5.91 Å². The SMILES string of the molecule is CN(C)c1ccc2c(c1)Oc1cc(N(C)C)ccc1C21OC(=O)c2cc(C(=O)NCCCCCCNC(=O)CCc3cn([C@H]4[C@@H](O[C@H]5O[C@H](COP(=O)(O)O)[C@@H](O)[C@H]5O)[C@H](n5cnc6c(N)ncnc65)O[C@@H]4COP(=O)(O)O)nn3)ccc21. The predicted molar refractivity (Wildman–Crippen MR) is 290 cm³/mol. The second-order valence-corrected chi connectivity index (χ2v) is 23.1. The van der Waals surface area contributed by atoms with Crippen LogP contribution in [0.3, 0.4) is 0 Å². The molecule has 1 spiro atoms. The number of nitrogens with zero attached hydrogens (tertiary/aromatic N) is 9. The Morgan fingerprint density at radius 1 is 0.795 bits per heavy atom. The number of carbonyl (C=O) groups is 3. The number of unbranched alkanes of at least 4 members (excludes halogenated alkanes) is 3. The predicted octanol–water partition coefficient (Wildman–Crippen LogP) is 1.93. The Balaban J connectivity index is 0.729. The number of benzene rings is 3. The fourth-order valence-corrected chi connectivity index (χ4v) is 11.2. The van der Waals surface area contributed by atoms with Gasteiger partial charge in [0.05, 0.1) is 30.8 Å². The minimum Gasteiger partial charge on any atom is -0.456 e. The normalized spacial score (nSPS) is 22.5. The van der Waals surface area contributed by atoms with Crippen LogP contribution in [-0.2, 0) is 53.9 Å². The number of ether oxygens (including phenoxy) is 5. The second-order valence-electron chi connectivity index (χ2n) is 20.6. The van der Waals surface area contributed by atoms with E-state index in [1.54, 1.807) is 18.2 Å². The fraction of sp³-hybridized carbons (Fsp3) is 0.451. The molecule has 0 bridgehead atoms. The number of nitrogens with two attached hydrogens (primary N) is 1. The van der Waals surface area contributed by atoms with Crippen molar-refractivity contribution < 1.29 is 86.0 Å². The van der Waals surface area contributed by atoms with Crippen LogP contribution in [0.1, 0.15) is 87.5 Å². The average molecular weight is 1190 g/mol. The van der Waals surface area contributed by atoms with E-state index in [0.29, 0.717) is 65.4 Å². The number of phosphoric ester groups is 2. The fourth-order valence-electron chi connectivity index (χ4n) is 10.5. The number of fused-ring (bicyclic) bond motifs is 7. The third-order valence-corrected chi connectivity index (χ3v) is 15.6. The van der Waals surface area contributed by atoms with Gasteiger partial charge in [0.1, 0.15) is 59.9 Å². The Kier molecular flexibility index (Phi) is 17.0. The van der Waals surface area contributed by atoms with Gasteiger partial charge in [-0.3, -0.25) is 23.2 Å². The van der Waals surface area contributed by atoms with Crippen LogP contribution in [0.15, 0.2) is 73.4 Å². The van der Waals surface area contributed by atoms with Crippen LogP contribution in [0.25, 0.3) is 11.2 Å². The molecule has 83 heavy (non-hydrogen) atoms. The van der Waals surface area contributed by atoms with Gasteiger partial charge in [-0.15, -0.1) is 5.10 Å². The van der Waals surface area contributed by atoms with Gasteiger partial charge in [-0.05, 0) is 49.2 Å². The van der Waals surface area contributed by atoms with Crippen molar-refractivity contribution in [2.24, 2.45) is 0 Å². The molecular formula is C51H62N12O18P2. The van der Waals surface area contributed by atoms with Gasteiger partial charge in [-0.1, -0.05) is 24.1 Å². The van der Waals surface area contributed by atoms with Crippen LogP contribution in [0.4, 0.5) is 17.2 Å². The maximum Gasteiger partial charge on any atom is 0.469 e. The molecule has 32 heteroatoms. The van der Waals surface area contributed by atoms with Crippen LogP contribution < -0.4 is 30.9 Å². The van der Waals surface area contributed by atoms with Crippen LogP contribution >= 0.6 is 15.6 Å². The molecule has 2 fully saturated rings. The summed E-state index contributed by atoms with van der Waals surface area (Å²) in [4.78, 5) is 94.5. The Hall–Kier alpha value is -7.02. The molecule has 0 aliphatic carbocycles. The molecule has 30 nitrogen and oxygen atoms in total. The third kappa shape index (κ3) is 12.5. The quantitative estimate of drug-likeness (QED) is 0.0251. The van der Waals surface area contributed by atoms with E-state index in [-0.39, 0.29) is 47.2 Å². The lowest BCUT2D eigenvalue weighted by Crippen LogP contribution is -2.40. The number of esters is 1. The summed E-state index contributed by atoms with van der Waals surface area (Å²) in [7, 11) is -2.42. The van der Waals surface area contributed by atoms with Crippen LogP contribution in [-0.4, -0.2) is 173 Å². The first-order valence-corrected chi connectivity index (χ1v) is 29.4. The minimum atomic E-state index is -5.11. The van der Waals surface area contributed by atoms with Crippen molar-refractivity contribution in [3.05, 3.63) is 107 Å². The number of nitrogens with one attached hydrogen (secondary N) is 2. The van der Waals surface area contributed by atoms with Crippen molar-refractivity contribution in [3.63, 3.8) is 0 Å². The number of hydrogen-bond acceptors (Lipinski definition) is 22. The number of nitrogen functional groups attached to an aromatic ring is 1. The summed E-state index contributed by atoms with van der Waals surface area (Å²) in [6.45, 7) is -0.858. The molecule has 7 heterocycles. The second kappa shape index (κ2) is 23.9.